The smallest absolute Gasteiger partial charge is 0.340 e. The Balaban J connectivity index is 1.52. The number of ether oxygens (including phenoxy) is 2. The Morgan fingerprint density at radius 1 is 0.682 bits per heavy atom. The van der Waals surface area contributed by atoms with Gasteiger partial charge in [-0.2, -0.15) is 0 Å². The summed E-state index contributed by atoms with van der Waals surface area (Å²) >= 11 is 0. The van der Waals surface area contributed by atoms with Crippen LogP contribution in [0.4, 0.5) is 22.7 Å². The number of hydrogen-bond acceptors (Lipinski definition) is 5. The zero-order valence-corrected chi connectivity index (χ0v) is 25.8. The van der Waals surface area contributed by atoms with Crippen molar-refractivity contribution in [2.45, 2.75) is 53.1 Å². The number of para-hydroxylation sites is 1. The third kappa shape index (κ3) is 4.34. The summed E-state index contributed by atoms with van der Waals surface area (Å²) in [6, 6.07) is 30.5. The molecule has 0 aliphatic carbocycles. The highest BCUT2D eigenvalue weighted by Crippen LogP contribution is 2.59. The first kappa shape index (κ1) is 27.8. The summed E-state index contributed by atoms with van der Waals surface area (Å²) < 4.78 is 13.2. The van der Waals surface area contributed by atoms with Gasteiger partial charge in [0.2, 0.25) is 0 Å². The molecule has 5 nitrogen and oxygen atoms in total. The Kier molecular flexibility index (Phi) is 6.69. The Labute approximate surface area is 258 Å². The van der Waals surface area contributed by atoms with Crippen molar-refractivity contribution in [2.24, 2.45) is 0 Å². The molecule has 0 bridgehead atoms. The van der Waals surface area contributed by atoms with Gasteiger partial charge in [-0.05, 0) is 92.8 Å². The summed E-state index contributed by atoms with van der Waals surface area (Å²) in [5.74, 6) is 0.960. The van der Waals surface area contributed by atoms with Crippen LogP contribution in [0.15, 0.2) is 91.0 Å². The van der Waals surface area contributed by atoms with E-state index in [1.807, 2.05) is 54.6 Å². The lowest BCUT2D eigenvalue weighted by Crippen LogP contribution is -2.34. The van der Waals surface area contributed by atoms with Gasteiger partial charge in [-0.3, -0.25) is 0 Å². The third-order valence-corrected chi connectivity index (χ3v) is 8.93. The Bertz CT molecular complexity index is 1960. The molecule has 1 unspecified atom stereocenters. The second-order valence-corrected chi connectivity index (χ2v) is 12.0. The number of esters is 1. The predicted molar refractivity (Wildman–Crippen MR) is 177 cm³/mol. The number of fused-ring (bicyclic) bond motifs is 6. The number of carbonyl (C=O) groups excluding carboxylic acids is 1. The number of nitrogens with one attached hydrogen (secondary N) is 2. The van der Waals surface area contributed by atoms with Crippen molar-refractivity contribution in [1.82, 2.24) is 0 Å². The minimum absolute atomic E-state index is 0.348. The molecule has 0 fully saturated rings. The van der Waals surface area contributed by atoms with Gasteiger partial charge < -0.3 is 20.1 Å². The predicted octanol–water partition coefficient (Wildman–Crippen LogP) is 9.93. The Hall–Kier alpha value is -5.03. The average Bonchev–Trinajstić information content (AvgIpc) is 3.30. The average molecular weight is 581 g/mol. The summed E-state index contributed by atoms with van der Waals surface area (Å²) in [6.45, 7) is 10.7. The first-order valence-electron chi connectivity index (χ1n) is 15.3. The van der Waals surface area contributed by atoms with Gasteiger partial charge in [-0.15, -0.1) is 0 Å². The number of anilines is 4. The second kappa shape index (κ2) is 10.6. The lowest BCUT2D eigenvalue weighted by molar-refractivity contribution is 0.0227. The molecule has 220 valence electrons. The number of carbonyl (C=O) groups is 1. The van der Waals surface area contributed by atoms with Crippen LogP contribution in [0.5, 0.6) is 11.5 Å². The number of benzene rings is 5. The first-order valence-corrected chi connectivity index (χ1v) is 15.3. The highest BCUT2D eigenvalue weighted by Gasteiger charge is 2.55. The molecule has 1 atom stereocenters. The van der Waals surface area contributed by atoms with E-state index in [2.05, 4.69) is 81.7 Å². The van der Waals surface area contributed by atoms with E-state index >= 15 is 0 Å². The van der Waals surface area contributed by atoms with Gasteiger partial charge in [-0.1, -0.05) is 73.5 Å². The van der Waals surface area contributed by atoms with Gasteiger partial charge in [0, 0.05) is 22.5 Å². The van der Waals surface area contributed by atoms with E-state index in [0.717, 1.165) is 57.8 Å². The van der Waals surface area contributed by atoms with Gasteiger partial charge in [0.1, 0.15) is 11.5 Å². The number of hydrogen-bond donors (Lipinski definition) is 2. The van der Waals surface area contributed by atoms with E-state index in [1.165, 1.54) is 22.3 Å². The molecule has 44 heavy (non-hydrogen) atoms. The molecule has 0 radical (unpaired) electrons. The van der Waals surface area contributed by atoms with E-state index in [4.69, 9.17) is 9.47 Å². The van der Waals surface area contributed by atoms with Crippen molar-refractivity contribution in [3.8, 4) is 11.5 Å². The van der Waals surface area contributed by atoms with Gasteiger partial charge in [0.05, 0.1) is 22.5 Å². The maximum atomic E-state index is 13.6. The van der Waals surface area contributed by atoms with Crippen LogP contribution in [0.1, 0.15) is 68.2 Å². The largest absolute Gasteiger partial charge is 0.456 e. The SMILES string of the molecule is CCCc1cc(C)ccc1Nc1ccc2c(c1Nc1cc(C)c(C)cc1C)C1(OC(=O)c3ccccc31)c1ccccc1O2. The fourth-order valence-electron chi connectivity index (χ4n) is 6.65. The van der Waals surface area contributed by atoms with Crippen LogP contribution in [-0.4, -0.2) is 5.97 Å². The molecule has 1 spiro atoms. The van der Waals surface area contributed by atoms with Gasteiger partial charge in [0.15, 0.2) is 5.60 Å². The van der Waals surface area contributed by atoms with E-state index < -0.39 is 5.60 Å². The normalized spacial score (nSPS) is 16.1. The Morgan fingerprint density at radius 3 is 2.23 bits per heavy atom. The number of aryl methyl sites for hydroxylation is 5. The van der Waals surface area contributed by atoms with Crippen LogP contribution < -0.4 is 15.4 Å². The van der Waals surface area contributed by atoms with Crippen molar-refractivity contribution in [3.63, 3.8) is 0 Å². The minimum Gasteiger partial charge on any atom is -0.456 e. The quantitative estimate of drug-likeness (QED) is 0.196. The summed E-state index contributed by atoms with van der Waals surface area (Å²) in [4.78, 5) is 13.6. The molecule has 0 saturated carbocycles. The highest BCUT2D eigenvalue weighted by atomic mass is 16.6. The molecule has 0 aromatic heterocycles. The monoisotopic (exact) mass is 580 g/mol. The zero-order chi connectivity index (χ0) is 30.6. The van der Waals surface area contributed by atoms with Crippen molar-refractivity contribution < 1.29 is 14.3 Å². The van der Waals surface area contributed by atoms with Crippen LogP contribution in [0.25, 0.3) is 0 Å². The Morgan fingerprint density at radius 2 is 1.41 bits per heavy atom. The lowest BCUT2D eigenvalue weighted by Gasteiger charge is -2.38. The summed E-state index contributed by atoms with van der Waals surface area (Å²) in [7, 11) is 0. The molecule has 0 amide bonds. The van der Waals surface area contributed by atoms with E-state index in [0.29, 0.717) is 17.1 Å². The maximum absolute atomic E-state index is 13.6. The van der Waals surface area contributed by atoms with Crippen LogP contribution in [0, 0.1) is 27.7 Å². The fraction of sp³-hybridized carbons (Fsp3) is 0.205. The molecular weight excluding hydrogens is 544 g/mol. The molecule has 5 heteroatoms. The maximum Gasteiger partial charge on any atom is 0.340 e. The van der Waals surface area contributed by atoms with Gasteiger partial charge in [0.25, 0.3) is 0 Å². The molecule has 2 heterocycles. The topological polar surface area (TPSA) is 59.6 Å². The molecule has 5 aromatic carbocycles. The molecule has 0 saturated heterocycles. The molecule has 7 rings (SSSR count). The molecule has 5 aromatic rings. The summed E-state index contributed by atoms with van der Waals surface area (Å²) in [5.41, 5.74) is 11.5. The minimum atomic E-state index is -1.20. The number of rotatable bonds is 6. The fourth-order valence-corrected chi connectivity index (χ4v) is 6.65. The van der Waals surface area contributed by atoms with Gasteiger partial charge in [-0.25, -0.2) is 4.79 Å². The lowest BCUT2D eigenvalue weighted by atomic mass is 9.76. The summed E-state index contributed by atoms with van der Waals surface area (Å²) in [5, 5.41) is 7.59. The van der Waals surface area contributed by atoms with Crippen LogP contribution in [0.3, 0.4) is 0 Å². The third-order valence-electron chi connectivity index (χ3n) is 8.93. The van der Waals surface area contributed by atoms with E-state index in [-0.39, 0.29) is 5.97 Å². The van der Waals surface area contributed by atoms with Crippen molar-refractivity contribution >= 4 is 28.7 Å². The van der Waals surface area contributed by atoms with Crippen LogP contribution >= 0.6 is 0 Å². The van der Waals surface area contributed by atoms with Crippen LogP contribution in [-0.2, 0) is 16.8 Å². The molecule has 2 N–H and O–H groups in total. The first-order chi connectivity index (χ1) is 21.3. The standard InChI is InChI=1S/C39H36N2O3/c1-6-11-27-20-23(2)16-17-31(27)40-32-18-19-35-36(37(32)41-33-22-25(4)24(3)21-26(33)5)39(30-14-9-10-15-34(30)43-35)29-13-8-7-12-28(29)38(42)44-39/h7-10,12-22,40-41H,6,11H2,1-5H3. The molecule has 2 aliphatic heterocycles. The van der Waals surface area contributed by atoms with E-state index in [1.54, 1.807) is 0 Å². The van der Waals surface area contributed by atoms with Crippen molar-refractivity contribution in [1.29, 1.82) is 0 Å². The highest BCUT2D eigenvalue weighted by molar-refractivity contribution is 5.99. The molecular formula is C39H36N2O3. The van der Waals surface area contributed by atoms with Crippen molar-refractivity contribution in [3.05, 3.63) is 141 Å². The van der Waals surface area contributed by atoms with Crippen LogP contribution in [0.2, 0.25) is 0 Å². The van der Waals surface area contributed by atoms with E-state index in [9.17, 15) is 4.79 Å². The molecule has 2 aliphatic rings. The summed E-state index contributed by atoms with van der Waals surface area (Å²) in [6.07, 6.45) is 2.00. The zero-order valence-electron chi connectivity index (χ0n) is 25.8. The second-order valence-electron chi connectivity index (χ2n) is 12.0. The van der Waals surface area contributed by atoms with Gasteiger partial charge >= 0.3 is 5.97 Å². The van der Waals surface area contributed by atoms with Crippen molar-refractivity contribution in [2.75, 3.05) is 10.6 Å².